The van der Waals surface area contributed by atoms with Crippen LogP contribution in [0.4, 0.5) is 0 Å². The number of rotatable bonds is 6. The summed E-state index contributed by atoms with van der Waals surface area (Å²) in [5, 5.41) is 0. The van der Waals surface area contributed by atoms with Crippen molar-refractivity contribution in [3.05, 3.63) is 60.7 Å². The number of hydrogen-bond acceptors (Lipinski definition) is 0. The summed E-state index contributed by atoms with van der Waals surface area (Å²) < 4.78 is 0. The molecule has 0 heterocycles. The lowest BCUT2D eigenvalue weighted by Crippen LogP contribution is -2.18. The second-order valence-electron chi connectivity index (χ2n) is 8.42. The minimum absolute atomic E-state index is 1.07. The molecule has 2 atom stereocenters. The highest BCUT2D eigenvalue weighted by Crippen LogP contribution is 2.34. The van der Waals surface area contributed by atoms with Crippen molar-refractivity contribution in [1.29, 1.82) is 0 Å². The van der Waals surface area contributed by atoms with Gasteiger partial charge in [-0.05, 0) is 50.2 Å². The van der Waals surface area contributed by atoms with Crippen molar-refractivity contribution >= 4 is 11.1 Å². The Hall–Kier alpha value is -1.56. The second kappa shape index (κ2) is 15.4. The summed E-state index contributed by atoms with van der Waals surface area (Å²) in [6, 6.07) is 8.20. The molecule has 28 heavy (non-hydrogen) atoms. The highest BCUT2D eigenvalue weighted by Gasteiger charge is 2.22. The van der Waals surface area contributed by atoms with Crippen LogP contribution in [-0.2, 0) is 0 Å². The maximum atomic E-state index is 3.93. The van der Waals surface area contributed by atoms with Crippen LogP contribution in [0.2, 0.25) is 0 Å². The lowest BCUT2D eigenvalue weighted by atomic mass is 9.76. The maximum Gasteiger partial charge on any atom is -0.0158 e. The van der Waals surface area contributed by atoms with Crippen molar-refractivity contribution in [3.8, 4) is 0 Å². The Morgan fingerprint density at radius 1 is 0.821 bits per heavy atom. The predicted octanol–water partition coefficient (Wildman–Crippen LogP) is 9.73. The van der Waals surface area contributed by atoms with Gasteiger partial charge in [-0.25, -0.2) is 0 Å². The second-order valence-corrected chi connectivity index (χ2v) is 8.42. The Labute approximate surface area is 176 Å². The Bertz CT molecular complexity index is 555. The van der Waals surface area contributed by atoms with Gasteiger partial charge >= 0.3 is 0 Å². The summed E-state index contributed by atoms with van der Waals surface area (Å²) in [4.78, 5) is 0. The first kappa shape index (κ1) is 26.4. The third-order valence-corrected chi connectivity index (χ3v) is 5.70. The van der Waals surface area contributed by atoms with Crippen molar-refractivity contribution < 1.29 is 0 Å². The first-order chi connectivity index (χ1) is 13.3. The topological polar surface area (TPSA) is 0 Å². The minimum Gasteiger partial charge on any atom is -0.100 e. The first-order valence-electron chi connectivity index (χ1n) is 11.3. The van der Waals surface area contributed by atoms with E-state index in [1.54, 1.807) is 0 Å². The molecule has 0 N–H and O–H groups in total. The normalized spacial score (nSPS) is 18.1. The molecule has 0 aromatic heterocycles. The van der Waals surface area contributed by atoms with Crippen LogP contribution in [-0.4, -0.2) is 0 Å². The van der Waals surface area contributed by atoms with Crippen molar-refractivity contribution in [1.82, 2.24) is 0 Å². The Morgan fingerprint density at radius 2 is 1.25 bits per heavy atom. The fourth-order valence-corrected chi connectivity index (χ4v) is 3.80. The molecule has 0 amide bonds. The molecule has 0 heteroatoms. The smallest absolute Gasteiger partial charge is 0.0158 e. The first-order valence-corrected chi connectivity index (χ1v) is 11.3. The molecule has 1 aliphatic carbocycles. The number of hydrogen-bond donors (Lipinski definition) is 0. The minimum atomic E-state index is 1.07. The van der Waals surface area contributed by atoms with E-state index < -0.39 is 0 Å². The van der Waals surface area contributed by atoms with Crippen LogP contribution < -0.4 is 0 Å². The Balaban J connectivity index is 0.000000424. The zero-order chi connectivity index (χ0) is 21.5. The fourth-order valence-electron chi connectivity index (χ4n) is 3.80. The van der Waals surface area contributed by atoms with Crippen LogP contribution in [0.1, 0.15) is 104 Å². The highest BCUT2D eigenvalue weighted by atomic mass is 14.3. The molecule has 2 unspecified atom stereocenters. The molecule has 2 rings (SSSR count). The van der Waals surface area contributed by atoms with Crippen molar-refractivity contribution in [3.63, 3.8) is 0 Å². The monoisotopic (exact) mass is 382 g/mol. The largest absolute Gasteiger partial charge is 0.100 e. The average molecular weight is 383 g/mol. The maximum absolute atomic E-state index is 3.93. The van der Waals surface area contributed by atoms with Gasteiger partial charge < -0.3 is 0 Å². The molecule has 1 aromatic rings. The van der Waals surface area contributed by atoms with Crippen molar-refractivity contribution in [2.45, 2.75) is 92.9 Å². The van der Waals surface area contributed by atoms with Crippen LogP contribution in [0.15, 0.2) is 49.6 Å². The summed E-state index contributed by atoms with van der Waals surface area (Å²) in [6.45, 7) is 24.4. The fraction of sp³-hybridized carbons (Fsp3) is 0.571. The van der Waals surface area contributed by atoms with Gasteiger partial charge in [0, 0.05) is 0 Å². The Morgan fingerprint density at radius 3 is 1.57 bits per heavy atom. The van der Waals surface area contributed by atoms with Gasteiger partial charge in [-0.3, -0.25) is 0 Å². The van der Waals surface area contributed by atoms with Crippen LogP contribution in [0.5, 0.6) is 0 Å². The van der Waals surface area contributed by atoms with Crippen LogP contribution >= 0.6 is 0 Å². The van der Waals surface area contributed by atoms with Gasteiger partial charge in [0.25, 0.3) is 0 Å². The van der Waals surface area contributed by atoms with Gasteiger partial charge in [-0.15, -0.1) is 6.58 Å². The molecular weight excluding hydrogens is 336 g/mol. The molecule has 0 bridgehead atoms. The molecular formula is C28H46. The molecule has 1 saturated carbocycles. The number of allylic oxidation sites excluding steroid dienone is 3. The molecule has 0 radical (unpaired) electrons. The summed E-state index contributed by atoms with van der Waals surface area (Å²) >= 11 is 0. The molecule has 0 spiro atoms. The van der Waals surface area contributed by atoms with Crippen LogP contribution in [0, 0.1) is 11.8 Å². The van der Waals surface area contributed by atoms with E-state index in [1.165, 1.54) is 61.6 Å². The van der Waals surface area contributed by atoms with Crippen LogP contribution in [0.25, 0.3) is 11.1 Å². The summed E-state index contributed by atoms with van der Waals surface area (Å²) in [5.74, 6) is 2.16. The zero-order valence-corrected chi connectivity index (χ0v) is 19.7. The quantitative estimate of drug-likeness (QED) is 0.429. The van der Waals surface area contributed by atoms with Gasteiger partial charge in [0.1, 0.15) is 0 Å². The molecule has 1 fully saturated rings. The van der Waals surface area contributed by atoms with E-state index in [0.29, 0.717) is 0 Å². The summed E-state index contributed by atoms with van der Waals surface area (Å²) in [6.07, 6.45) is 11.4. The van der Waals surface area contributed by atoms with Crippen LogP contribution in [0.3, 0.4) is 0 Å². The van der Waals surface area contributed by atoms with Gasteiger partial charge in [0.05, 0.1) is 0 Å². The van der Waals surface area contributed by atoms with E-state index >= 15 is 0 Å². The van der Waals surface area contributed by atoms with Gasteiger partial charge in [-0.1, -0.05) is 120 Å². The number of benzene rings is 1. The third kappa shape index (κ3) is 10.7. The average Bonchev–Trinajstić information content (AvgIpc) is 2.69. The Kier molecular flexibility index (Phi) is 14.5. The molecule has 1 aromatic carbocycles. The van der Waals surface area contributed by atoms with E-state index in [9.17, 15) is 0 Å². The standard InChI is InChI=1S/C12H14.C11H22.C5H10/c1-9(2)11-7-5-6-8-12(11)10(3)4;1-3-7-11-9-6-5-8-10(11)4-2;1-4-5(2)3/h5-8H,1,3H2,2,4H3;10-11H,3-9H2,1-2H3;2,4H2,1,3H3. The third-order valence-electron chi connectivity index (χ3n) is 5.70. The summed E-state index contributed by atoms with van der Waals surface area (Å²) in [7, 11) is 0. The molecule has 1 aliphatic rings. The van der Waals surface area contributed by atoms with E-state index in [1.807, 2.05) is 32.9 Å². The van der Waals surface area contributed by atoms with Gasteiger partial charge in [0.2, 0.25) is 0 Å². The van der Waals surface area contributed by atoms with E-state index in [-0.39, 0.29) is 0 Å². The molecule has 0 nitrogen and oxygen atoms in total. The van der Waals surface area contributed by atoms with E-state index in [0.717, 1.165) is 29.4 Å². The van der Waals surface area contributed by atoms with Crippen molar-refractivity contribution in [2.75, 3.05) is 0 Å². The zero-order valence-electron chi connectivity index (χ0n) is 19.7. The lowest BCUT2D eigenvalue weighted by Gasteiger charge is -2.30. The predicted molar refractivity (Wildman–Crippen MR) is 132 cm³/mol. The molecule has 0 aliphatic heterocycles. The van der Waals surface area contributed by atoms with E-state index in [4.69, 9.17) is 0 Å². The van der Waals surface area contributed by atoms with Crippen molar-refractivity contribution in [2.24, 2.45) is 11.8 Å². The SMILES string of the molecule is C=C(C)CC.C=C(C)c1ccccc1C(=C)C.CCCC1CCCCC1CC. The lowest BCUT2D eigenvalue weighted by molar-refractivity contribution is 0.216. The molecule has 158 valence electrons. The van der Waals surface area contributed by atoms with Gasteiger partial charge in [0.15, 0.2) is 0 Å². The molecule has 0 saturated heterocycles. The van der Waals surface area contributed by atoms with E-state index in [2.05, 4.69) is 52.6 Å². The van der Waals surface area contributed by atoms with Gasteiger partial charge in [-0.2, -0.15) is 0 Å². The summed E-state index contributed by atoms with van der Waals surface area (Å²) in [5.41, 5.74) is 5.84. The highest BCUT2D eigenvalue weighted by molar-refractivity contribution is 5.76.